The van der Waals surface area contributed by atoms with Gasteiger partial charge in [0.05, 0.1) is 5.69 Å². The minimum atomic E-state index is 0.473. The van der Waals surface area contributed by atoms with Crippen molar-refractivity contribution < 1.29 is 0 Å². The Labute approximate surface area is 117 Å². The summed E-state index contributed by atoms with van der Waals surface area (Å²) >= 11 is 0. The maximum atomic E-state index is 6.37. The van der Waals surface area contributed by atoms with Gasteiger partial charge < -0.3 is 10.3 Å². The molecule has 1 atom stereocenters. The molecular weight excluding hydrogens is 234 g/mol. The van der Waals surface area contributed by atoms with Crippen molar-refractivity contribution in [2.24, 2.45) is 0 Å². The van der Waals surface area contributed by atoms with Crippen molar-refractivity contribution in [1.82, 2.24) is 9.55 Å². The fourth-order valence-electron chi connectivity index (χ4n) is 3.19. The molecule has 0 aliphatic heterocycles. The third-order valence-electron chi connectivity index (χ3n) is 4.56. The second kappa shape index (κ2) is 6.44. The molecule has 1 aromatic heterocycles. The van der Waals surface area contributed by atoms with Crippen LogP contribution in [0.15, 0.2) is 0 Å². The second-order valence-electron chi connectivity index (χ2n) is 6.04. The molecule has 19 heavy (non-hydrogen) atoms. The number of aromatic nitrogens is 2. The lowest BCUT2D eigenvalue weighted by Crippen LogP contribution is -2.13. The quantitative estimate of drug-likeness (QED) is 0.853. The molecule has 0 amide bonds. The van der Waals surface area contributed by atoms with Crippen LogP contribution < -0.4 is 5.73 Å². The van der Waals surface area contributed by atoms with Crippen LogP contribution in [0, 0.1) is 0 Å². The van der Waals surface area contributed by atoms with Crippen LogP contribution in [0.1, 0.15) is 89.1 Å². The number of imidazole rings is 1. The molecule has 108 valence electrons. The number of nitrogen functional groups attached to an aromatic ring is 1. The Bertz CT molecular complexity index is 402. The average Bonchev–Trinajstić information content (AvgIpc) is 2.77. The maximum Gasteiger partial charge on any atom is 0.127 e. The Balaban J connectivity index is 2.34. The summed E-state index contributed by atoms with van der Waals surface area (Å²) in [7, 11) is 0. The maximum absolute atomic E-state index is 6.37. The second-order valence-corrected chi connectivity index (χ2v) is 6.04. The summed E-state index contributed by atoms with van der Waals surface area (Å²) in [5, 5.41) is 0. The van der Waals surface area contributed by atoms with Crippen molar-refractivity contribution >= 4 is 5.82 Å². The number of anilines is 1. The van der Waals surface area contributed by atoms with Gasteiger partial charge in [-0.25, -0.2) is 4.98 Å². The first kappa shape index (κ1) is 14.4. The van der Waals surface area contributed by atoms with E-state index in [0.29, 0.717) is 11.8 Å². The average molecular weight is 263 g/mol. The molecule has 3 heteroatoms. The summed E-state index contributed by atoms with van der Waals surface area (Å²) in [6.07, 6.45) is 8.90. The van der Waals surface area contributed by atoms with Crippen LogP contribution in [0.5, 0.6) is 0 Å². The van der Waals surface area contributed by atoms with Crippen LogP contribution in [0.2, 0.25) is 0 Å². The van der Waals surface area contributed by atoms with Gasteiger partial charge in [0.1, 0.15) is 11.6 Å². The molecular formula is C16H29N3. The Kier molecular flexibility index (Phi) is 4.89. The van der Waals surface area contributed by atoms with Gasteiger partial charge in [-0.2, -0.15) is 0 Å². The van der Waals surface area contributed by atoms with E-state index in [4.69, 9.17) is 10.7 Å². The van der Waals surface area contributed by atoms with Crippen molar-refractivity contribution in [3.05, 3.63) is 11.5 Å². The van der Waals surface area contributed by atoms with Crippen molar-refractivity contribution in [1.29, 1.82) is 0 Å². The molecule has 1 saturated carbocycles. The van der Waals surface area contributed by atoms with Crippen LogP contribution in [0.25, 0.3) is 0 Å². The topological polar surface area (TPSA) is 43.8 Å². The van der Waals surface area contributed by atoms with Crippen molar-refractivity contribution in [2.75, 3.05) is 5.73 Å². The van der Waals surface area contributed by atoms with Gasteiger partial charge in [0, 0.05) is 18.4 Å². The van der Waals surface area contributed by atoms with Crippen molar-refractivity contribution in [3.63, 3.8) is 0 Å². The van der Waals surface area contributed by atoms with Gasteiger partial charge in [-0.1, -0.05) is 40.0 Å². The van der Waals surface area contributed by atoms with Crippen LogP contribution in [0.3, 0.4) is 0 Å². The molecule has 1 aliphatic rings. The van der Waals surface area contributed by atoms with E-state index in [1.807, 2.05) is 0 Å². The van der Waals surface area contributed by atoms with E-state index in [1.165, 1.54) is 37.9 Å². The summed E-state index contributed by atoms with van der Waals surface area (Å²) in [6.45, 7) is 7.68. The highest BCUT2D eigenvalue weighted by Crippen LogP contribution is 2.35. The highest BCUT2D eigenvalue weighted by Gasteiger charge is 2.25. The zero-order valence-corrected chi connectivity index (χ0v) is 12.8. The fraction of sp³-hybridized carbons (Fsp3) is 0.812. The highest BCUT2D eigenvalue weighted by atomic mass is 15.1. The Hall–Kier alpha value is -0.990. The van der Waals surface area contributed by atoms with Crippen molar-refractivity contribution in [3.8, 4) is 0 Å². The molecule has 1 aliphatic carbocycles. The first-order chi connectivity index (χ1) is 9.19. The van der Waals surface area contributed by atoms with Gasteiger partial charge >= 0.3 is 0 Å². The van der Waals surface area contributed by atoms with Crippen LogP contribution in [-0.2, 0) is 6.54 Å². The lowest BCUT2D eigenvalue weighted by molar-refractivity contribution is 0.415. The zero-order chi connectivity index (χ0) is 13.8. The predicted octanol–water partition coefficient (Wildman–Crippen LogP) is 4.44. The standard InChI is InChI=1S/C16H29N3/c1-4-11-19-15(17)14(12(3)5-2)18-16(19)13-9-7-6-8-10-13/h12-13H,4-11,17H2,1-3H3. The molecule has 3 nitrogen and oxygen atoms in total. The highest BCUT2D eigenvalue weighted by molar-refractivity contribution is 5.41. The van der Waals surface area contributed by atoms with Gasteiger partial charge in [0.25, 0.3) is 0 Å². The molecule has 0 bridgehead atoms. The molecule has 2 N–H and O–H groups in total. The van der Waals surface area contributed by atoms with Gasteiger partial charge in [-0.3, -0.25) is 0 Å². The number of hydrogen-bond acceptors (Lipinski definition) is 2. The van der Waals surface area contributed by atoms with E-state index in [2.05, 4.69) is 25.3 Å². The van der Waals surface area contributed by atoms with Gasteiger partial charge in [0.2, 0.25) is 0 Å². The minimum absolute atomic E-state index is 0.473. The Morgan fingerprint density at radius 1 is 1.26 bits per heavy atom. The monoisotopic (exact) mass is 263 g/mol. The minimum Gasteiger partial charge on any atom is -0.384 e. The predicted molar refractivity (Wildman–Crippen MR) is 81.5 cm³/mol. The summed E-state index contributed by atoms with van der Waals surface area (Å²) in [5.41, 5.74) is 7.51. The van der Waals surface area contributed by atoms with Gasteiger partial charge in [0.15, 0.2) is 0 Å². The lowest BCUT2D eigenvalue weighted by Gasteiger charge is -2.22. The van der Waals surface area contributed by atoms with Gasteiger partial charge in [-0.05, 0) is 25.7 Å². The van der Waals surface area contributed by atoms with Crippen LogP contribution in [-0.4, -0.2) is 9.55 Å². The third-order valence-corrected chi connectivity index (χ3v) is 4.56. The van der Waals surface area contributed by atoms with Crippen LogP contribution in [0.4, 0.5) is 5.82 Å². The third kappa shape index (κ3) is 2.96. The molecule has 0 spiro atoms. The molecule has 0 aromatic carbocycles. The van der Waals surface area contributed by atoms with Crippen molar-refractivity contribution in [2.45, 2.75) is 84.1 Å². The fourth-order valence-corrected chi connectivity index (χ4v) is 3.19. The van der Waals surface area contributed by atoms with E-state index in [0.717, 1.165) is 30.9 Å². The largest absolute Gasteiger partial charge is 0.384 e. The molecule has 2 rings (SSSR count). The summed E-state index contributed by atoms with van der Waals surface area (Å²) in [5.74, 6) is 3.31. The SMILES string of the molecule is CCCn1c(C2CCCCC2)nc(C(C)CC)c1N. The Morgan fingerprint density at radius 3 is 2.53 bits per heavy atom. The zero-order valence-electron chi connectivity index (χ0n) is 12.8. The molecule has 0 saturated heterocycles. The molecule has 0 radical (unpaired) electrons. The summed E-state index contributed by atoms with van der Waals surface area (Å²) < 4.78 is 2.30. The first-order valence-corrected chi connectivity index (χ1v) is 8.04. The number of hydrogen-bond donors (Lipinski definition) is 1. The number of rotatable bonds is 5. The molecule has 1 unspecified atom stereocenters. The van der Waals surface area contributed by atoms with Gasteiger partial charge in [-0.15, -0.1) is 0 Å². The van der Waals surface area contributed by atoms with E-state index in [9.17, 15) is 0 Å². The van der Waals surface area contributed by atoms with E-state index >= 15 is 0 Å². The smallest absolute Gasteiger partial charge is 0.127 e. The lowest BCUT2D eigenvalue weighted by atomic mass is 9.88. The summed E-state index contributed by atoms with van der Waals surface area (Å²) in [4.78, 5) is 4.96. The van der Waals surface area contributed by atoms with Crippen LogP contribution >= 0.6 is 0 Å². The Morgan fingerprint density at radius 2 is 1.95 bits per heavy atom. The first-order valence-electron chi connectivity index (χ1n) is 8.04. The normalized spacial score (nSPS) is 18.7. The summed E-state index contributed by atoms with van der Waals surface area (Å²) in [6, 6.07) is 0. The van der Waals surface area contributed by atoms with E-state index in [-0.39, 0.29) is 0 Å². The number of nitrogens with zero attached hydrogens (tertiary/aromatic N) is 2. The van der Waals surface area contributed by atoms with E-state index in [1.54, 1.807) is 0 Å². The number of nitrogens with two attached hydrogens (primary N) is 1. The molecule has 1 aromatic rings. The van der Waals surface area contributed by atoms with E-state index < -0.39 is 0 Å². The molecule has 1 fully saturated rings. The molecule has 1 heterocycles.